The van der Waals surface area contributed by atoms with E-state index in [1.54, 1.807) is 36.4 Å². The van der Waals surface area contributed by atoms with E-state index in [9.17, 15) is 9.59 Å². The van der Waals surface area contributed by atoms with E-state index in [0.717, 1.165) is 0 Å². The average Bonchev–Trinajstić information content (AvgIpc) is 2.56. The van der Waals surface area contributed by atoms with Gasteiger partial charge in [0.05, 0.1) is 5.02 Å². The van der Waals surface area contributed by atoms with E-state index in [1.807, 2.05) is 0 Å². The van der Waals surface area contributed by atoms with Gasteiger partial charge in [0.1, 0.15) is 5.82 Å². The monoisotopic (exact) mass is 364 g/mol. The maximum Gasteiger partial charge on any atom is 0.331 e. The Morgan fingerprint density at radius 1 is 1.21 bits per heavy atom. The number of benzene rings is 1. The molecule has 124 valence electrons. The highest BCUT2D eigenvalue weighted by Crippen LogP contribution is 2.16. The van der Waals surface area contributed by atoms with Crippen LogP contribution in [-0.4, -0.2) is 23.0 Å². The molecule has 0 bridgehead atoms. The highest BCUT2D eigenvalue weighted by Gasteiger charge is 2.17. The lowest BCUT2D eigenvalue weighted by Gasteiger charge is -2.11. The molecular formula is C17H14Cl2N2O3. The zero-order valence-corrected chi connectivity index (χ0v) is 14.2. The van der Waals surface area contributed by atoms with Gasteiger partial charge in [-0.1, -0.05) is 41.4 Å². The van der Waals surface area contributed by atoms with Gasteiger partial charge >= 0.3 is 5.97 Å². The first kappa shape index (κ1) is 18.0. The second kappa shape index (κ2) is 8.47. The van der Waals surface area contributed by atoms with Crippen LogP contribution in [0, 0.1) is 0 Å². The van der Waals surface area contributed by atoms with Crippen LogP contribution >= 0.6 is 23.2 Å². The van der Waals surface area contributed by atoms with Crippen LogP contribution in [0.5, 0.6) is 0 Å². The van der Waals surface area contributed by atoms with Gasteiger partial charge in [-0.15, -0.1) is 0 Å². The molecule has 1 atom stereocenters. The van der Waals surface area contributed by atoms with E-state index in [1.165, 1.54) is 25.3 Å². The second-order valence-electron chi connectivity index (χ2n) is 4.78. The molecule has 0 aliphatic heterocycles. The number of hydrogen-bond donors (Lipinski definition) is 1. The molecule has 0 saturated carbocycles. The Morgan fingerprint density at radius 2 is 1.96 bits per heavy atom. The number of hydrogen-bond acceptors (Lipinski definition) is 4. The number of rotatable bonds is 5. The largest absolute Gasteiger partial charge is 0.449 e. The van der Waals surface area contributed by atoms with Crippen molar-refractivity contribution >= 4 is 47.0 Å². The highest BCUT2D eigenvalue weighted by atomic mass is 35.5. The van der Waals surface area contributed by atoms with E-state index < -0.39 is 18.0 Å². The van der Waals surface area contributed by atoms with Crippen molar-refractivity contribution in [2.75, 3.05) is 5.32 Å². The summed E-state index contributed by atoms with van der Waals surface area (Å²) in [4.78, 5) is 27.7. The number of carbonyl (C=O) groups is 2. The van der Waals surface area contributed by atoms with E-state index in [0.29, 0.717) is 21.4 Å². The quantitative estimate of drug-likeness (QED) is 0.643. The molecule has 0 fully saturated rings. The Bertz CT molecular complexity index is 761. The third kappa shape index (κ3) is 5.37. The molecule has 1 N–H and O–H groups in total. The zero-order valence-electron chi connectivity index (χ0n) is 12.7. The fraction of sp³-hybridized carbons (Fsp3) is 0.118. The molecule has 7 heteroatoms. The molecule has 2 rings (SSSR count). The Hall–Kier alpha value is -2.37. The van der Waals surface area contributed by atoms with Crippen molar-refractivity contribution in [2.24, 2.45) is 0 Å². The molecule has 0 spiro atoms. The van der Waals surface area contributed by atoms with Gasteiger partial charge in [-0.2, -0.15) is 0 Å². The first-order chi connectivity index (χ1) is 11.5. The third-order valence-electron chi connectivity index (χ3n) is 2.95. The molecule has 1 aromatic carbocycles. The van der Waals surface area contributed by atoms with Crippen LogP contribution in [0.3, 0.4) is 0 Å². The number of nitrogens with one attached hydrogen (secondary N) is 1. The molecule has 0 aliphatic rings. The normalized spacial score (nSPS) is 12.0. The van der Waals surface area contributed by atoms with E-state index in [2.05, 4.69) is 10.3 Å². The van der Waals surface area contributed by atoms with Gasteiger partial charge in [-0.25, -0.2) is 9.78 Å². The number of nitrogens with zero attached hydrogens (tertiary/aromatic N) is 1. The molecular weight excluding hydrogens is 351 g/mol. The summed E-state index contributed by atoms with van der Waals surface area (Å²) in [6, 6.07) is 10.2. The summed E-state index contributed by atoms with van der Waals surface area (Å²) >= 11 is 11.7. The van der Waals surface area contributed by atoms with Crippen molar-refractivity contribution in [1.82, 2.24) is 4.98 Å². The van der Waals surface area contributed by atoms with Gasteiger partial charge in [0.25, 0.3) is 5.91 Å². The van der Waals surface area contributed by atoms with Gasteiger partial charge < -0.3 is 10.1 Å². The summed E-state index contributed by atoms with van der Waals surface area (Å²) in [5.74, 6) is -0.829. The summed E-state index contributed by atoms with van der Waals surface area (Å²) < 4.78 is 5.03. The number of amides is 1. The minimum Gasteiger partial charge on any atom is -0.449 e. The summed E-state index contributed by atoms with van der Waals surface area (Å²) in [5.41, 5.74) is 0.679. The Balaban J connectivity index is 1.90. The molecule has 1 aromatic heterocycles. The number of aromatic nitrogens is 1. The van der Waals surface area contributed by atoms with Crippen LogP contribution in [0.1, 0.15) is 12.5 Å². The molecule has 0 aliphatic carbocycles. The maximum atomic E-state index is 12.0. The number of halogens is 2. The van der Waals surface area contributed by atoms with Crippen LogP contribution in [0.15, 0.2) is 48.7 Å². The van der Waals surface area contributed by atoms with Gasteiger partial charge in [0.2, 0.25) is 0 Å². The number of pyridine rings is 1. The van der Waals surface area contributed by atoms with E-state index in [4.69, 9.17) is 27.9 Å². The second-order valence-corrected chi connectivity index (χ2v) is 5.63. The van der Waals surface area contributed by atoms with Crippen molar-refractivity contribution in [3.63, 3.8) is 0 Å². The first-order valence-corrected chi connectivity index (χ1v) is 7.77. The maximum absolute atomic E-state index is 12.0. The van der Waals surface area contributed by atoms with Crippen molar-refractivity contribution < 1.29 is 14.3 Å². The zero-order chi connectivity index (χ0) is 17.5. The molecule has 0 unspecified atom stereocenters. The van der Waals surface area contributed by atoms with Crippen LogP contribution in [-0.2, 0) is 14.3 Å². The number of carbonyl (C=O) groups excluding carboxylic acids is 2. The smallest absolute Gasteiger partial charge is 0.331 e. The molecule has 5 nitrogen and oxygen atoms in total. The molecule has 1 amide bonds. The standard InChI is InChI=1S/C17H14Cl2N2O3/c1-11(17(23)21-15-8-7-13(18)10-20-15)24-16(22)9-6-12-4-2-3-5-14(12)19/h2-11H,1H3,(H,20,21,23)/b9-6+/t11-/m1/s1. The highest BCUT2D eigenvalue weighted by molar-refractivity contribution is 6.32. The number of esters is 1. The predicted octanol–water partition coefficient (Wildman–Crippen LogP) is 3.97. The van der Waals surface area contributed by atoms with Crippen molar-refractivity contribution in [3.8, 4) is 0 Å². The molecule has 2 aromatic rings. The number of anilines is 1. The average molecular weight is 365 g/mol. The Kier molecular flexibility index (Phi) is 6.35. The molecule has 1 heterocycles. The minimum absolute atomic E-state index is 0.318. The topological polar surface area (TPSA) is 68.3 Å². The van der Waals surface area contributed by atoms with Gasteiger partial charge in [-0.3, -0.25) is 4.79 Å². The first-order valence-electron chi connectivity index (χ1n) is 7.01. The van der Waals surface area contributed by atoms with Gasteiger partial charge in [-0.05, 0) is 36.8 Å². The number of ether oxygens (including phenoxy) is 1. The molecule has 0 saturated heterocycles. The predicted molar refractivity (Wildman–Crippen MR) is 93.9 cm³/mol. The van der Waals surface area contributed by atoms with Gasteiger partial charge in [0.15, 0.2) is 6.10 Å². The summed E-state index contributed by atoms with van der Waals surface area (Å²) in [6.45, 7) is 1.46. The Morgan fingerprint density at radius 3 is 2.62 bits per heavy atom. The van der Waals surface area contributed by atoms with Crippen molar-refractivity contribution in [2.45, 2.75) is 13.0 Å². The summed E-state index contributed by atoms with van der Waals surface area (Å²) in [5, 5.41) is 3.50. The van der Waals surface area contributed by atoms with Gasteiger partial charge in [0, 0.05) is 17.3 Å². The lowest BCUT2D eigenvalue weighted by Crippen LogP contribution is -2.29. The summed E-state index contributed by atoms with van der Waals surface area (Å²) in [7, 11) is 0. The molecule has 0 radical (unpaired) electrons. The van der Waals surface area contributed by atoms with Crippen LogP contribution in [0.4, 0.5) is 5.82 Å². The van der Waals surface area contributed by atoms with Crippen LogP contribution < -0.4 is 5.32 Å². The summed E-state index contributed by atoms with van der Waals surface area (Å²) in [6.07, 6.45) is 3.16. The van der Waals surface area contributed by atoms with Crippen LogP contribution in [0.25, 0.3) is 6.08 Å². The van der Waals surface area contributed by atoms with E-state index in [-0.39, 0.29) is 0 Å². The Labute approximate surface area is 149 Å². The SMILES string of the molecule is C[C@@H](OC(=O)/C=C/c1ccccc1Cl)C(=O)Nc1ccc(Cl)cn1. The lowest BCUT2D eigenvalue weighted by atomic mass is 10.2. The fourth-order valence-corrected chi connectivity index (χ4v) is 2.02. The molecule has 24 heavy (non-hydrogen) atoms. The lowest BCUT2D eigenvalue weighted by molar-refractivity contribution is -0.148. The van der Waals surface area contributed by atoms with Crippen molar-refractivity contribution in [3.05, 3.63) is 64.3 Å². The van der Waals surface area contributed by atoms with Crippen LogP contribution in [0.2, 0.25) is 10.0 Å². The van der Waals surface area contributed by atoms with E-state index >= 15 is 0 Å². The third-order valence-corrected chi connectivity index (χ3v) is 3.51. The minimum atomic E-state index is -0.981. The fourth-order valence-electron chi connectivity index (χ4n) is 1.71. The van der Waals surface area contributed by atoms with Crippen molar-refractivity contribution in [1.29, 1.82) is 0 Å².